The molecular weight excluding hydrogens is 464 g/mol. The minimum Gasteiger partial charge on any atom is -0.457 e. The van der Waals surface area contributed by atoms with Crippen LogP contribution in [0, 0.1) is 33.0 Å². The fourth-order valence-corrected chi connectivity index (χ4v) is 8.59. The minimum atomic E-state index is -0.671. The molecule has 196 valence electrons. The third-order valence-electron chi connectivity index (χ3n) is 10.2. The maximum atomic E-state index is 13.3. The highest BCUT2D eigenvalue weighted by Gasteiger charge is 2.73. The Labute approximate surface area is 213 Å². The highest BCUT2D eigenvalue weighted by atomic mass is 32.2. The second-order valence-electron chi connectivity index (χ2n) is 11.3. The zero-order chi connectivity index (χ0) is 26.2. The Hall–Kier alpha value is -1.54. The van der Waals surface area contributed by atoms with E-state index in [4.69, 9.17) is 10.5 Å². The molecule has 0 aliphatic heterocycles. The smallest absolute Gasteiger partial charge is 0.316 e. The molecule has 0 aromatic heterocycles. The maximum Gasteiger partial charge on any atom is 0.316 e. The number of nitrogens with zero attached hydrogens (tertiary/aromatic N) is 1. The number of hydrogen-bond donors (Lipinski definition) is 1. The predicted octanol–water partition coefficient (Wildman–Crippen LogP) is 4.85. The topological polar surface area (TPSA) is 116 Å². The van der Waals surface area contributed by atoms with Crippen LogP contribution < -0.4 is 5.73 Å². The molecule has 7 atom stereocenters. The Morgan fingerprint density at radius 3 is 2.49 bits per heavy atom. The Bertz CT molecular complexity index is 921. The summed E-state index contributed by atoms with van der Waals surface area (Å²) in [5.41, 5.74) is 6.60. The molecule has 0 amide bonds. The molecule has 0 aromatic carbocycles. The molecule has 4 rings (SSSR count). The molecule has 0 bridgehead atoms. The summed E-state index contributed by atoms with van der Waals surface area (Å²) in [6.45, 7) is 10.2. The number of Topliss-reactive ketones (excluding diaryl/α,β-unsaturated/α-hetero) is 1. The van der Waals surface area contributed by atoms with Crippen molar-refractivity contribution in [1.29, 1.82) is 0 Å². The van der Waals surface area contributed by atoms with Gasteiger partial charge in [0.1, 0.15) is 6.61 Å². The van der Waals surface area contributed by atoms with Gasteiger partial charge in [-0.3, -0.25) is 14.4 Å². The number of ether oxygens (including phenoxy) is 1. The van der Waals surface area contributed by atoms with Crippen LogP contribution in [0.15, 0.2) is 16.8 Å². The first-order chi connectivity index (χ1) is 16.5. The highest BCUT2D eigenvalue weighted by molar-refractivity contribution is 7.99. The van der Waals surface area contributed by atoms with Crippen molar-refractivity contribution in [2.24, 2.45) is 39.0 Å². The van der Waals surface area contributed by atoms with E-state index >= 15 is 0 Å². The number of carbonyl (C=O) groups excluding carboxylic acids is 3. The van der Waals surface area contributed by atoms with Gasteiger partial charge in [-0.15, -0.1) is 0 Å². The van der Waals surface area contributed by atoms with Crippen molar-refractivity contribution in [2.75, 3.05) is 18.6 Å². The standard InChI is InChI=1S/C25H36N2O5S.C2H6/c1-22-8-6-16(28)11-15(22)5-10-25(26)21(22)18(27-31)12-23(2)17(7-9-24(23,25)3)19(29)13-32-20(30)14-33-4;1-2/h11,17-18,21H,5-10,12-14,26H2,1-4H3;1-2H3. The first-order valence-electron chi connectivity index (χ1n) is 13.0. The van der Waals surface area contributed by atoms with Gasteiger partial charge >= 0.3 is 5.97 Å². The largest absolute Gasteiger partial charge is 0.457 e. The first kappa shape index (κ1) is 28.0. The van der Waals surface area contributed by atoms with E-state index in [0.717, 1.165) is 18.4 Å². The molecule has 7 nitrogen and oxygen atoms in total. The van der Waals surface area contributed by atoms with Crippen molar-refractivity contribution in [3.05, 3.63) is 16.6 Å². The predicted molar refractivity (Wildman–Crippen MR) is 139 cm³/mol. The molecule has 0 saturated heterocycles. The van der Waals surface area contributed by atoms with Gasteiger partial charge in [0.25, 0.3) is 0 Å². The van der Waals surface area contributed by atoms with Crippen molar-refractivity contribution >= 4 is 29.3 Å². The van der Waals surface area contributed by atoms with Gasteiger partial charge < -0.3 is 10.5 Å². The highest BCUT2D eigenvalue weighted by Crippen LogP contribution is 2.73. The number of nitrogens with two attached hydrogens (primary N) is 1. The Morgan fingerprint density at radius 2 is 1.86 bits per heavy atom. The van der Waals surface area contributed by atoms with E-state index in [-0.39, 0.29) is 52.6 Å². The summed E-state index contributed by atoms with van der Waals surface area (Å²) in [7, 11) is 0. The van der Waals surface area contributed by atoms with Gasteiger partial charge in [-0.05, 0) is 67.1 Å². The van der Waals surface area contributed by atoms with Crippen molar-refractivity contribution in [3.8, 4) is 0 Å². The van der Waals surface area contributed by atoms with E-state index in [1.807, 2.05) is 20.1 Å². The molecule has 0 spiro atoms. The maximum absolute atomic E-state index is 13.3. The average Bonchev–Trinajstić information content (AvgIpc) is 3.11. The van der Waals surface area contributed by atoms with Crippen LogP contribution in [0.1, 0.15) is 79.6 Å². The first-order valence-corrected chi connectivity index (χ1v) is 14.4. The van der Waals surface area contributed by atoms with E-state index < -0.39 is 17.0 Å². The number of rotatable bonds is 6. The van der Waals surface area contributed by atoms with Crippen molar-refractivity contribution < 1.29 is 19.1 Å². The summed E-state index contributed by atoms with van der Waals surface area (Å²) in [5, 5.41) is 3.62. The SMILES string of the molecule is CC.CSCC(=O)OCC(=O)C1CCC2(C)C1(C)CC(N=O)C1C3(C)CCC(=O)C=C3CCC12N. The lowest BCUT2D eigenvalue weighted by Gasteiger charge is -2.68. The van der Waals surface area contributed by atoms with Crippen LogP contribution in [0.2, 0.25) is 0 Å². The zero-order valence-corrected chi connectivity index (χ0v) is 23.0. The van der Waals surface area contributed by atoms with Crippen molar-refractivity contribution in [1.82, 2.24) is 0 Å². The Kier molecular flexibility index (Phi) is 8.07. The average molecular weight is 507 g/mol. The van der Waals surface area contributed by atoms with Crippen LogP contribution in [-0.4, -0.2) is 47.7 Å². The van der Waals surface area contributed by atoms with Crippen molar-refractivity contribution in [3.63, 3.8) is 0 Å². The molecule has 4 aliphatic carbocycles. The summed E-state index contributed by atoms with van der Waals surface area (Å²) >= 11 is 1.36. The quantitative estimate of drug-likeness (QED) is 0.404. The van der Waals surface area contributed by atoms with Crippen LogP contribution in [0.5, 0.6) is 0 Å². The normalized spacial score (nSPS) is 41.9. The van der Waals surface area contributed by atoms with Crippen LogP contribution in [0.3, 0.4) is 0 Å². The third-order valence-corrected chi connectivity index (χ3v) is 10.7. The van der Waals surface area contributed by atoms with Crippen LogP contribution in [-0.2, 0) is 19.1 Å². The number of hydrogen-bond acceptors (Lipinski definition) is 8. The number of carbonyl (C=O) groups is 3. The molecule has 0 aromatic rings. The summed E-state index contributed by atoms with van der Waals surface area (Å²) in [4.78, 5) is 49.5. The molecule has 3 saturated carbocycles. The van der Waals surface area contributed by atoms with E-state index in [1.165, 1.54) is 11.8 Å². The number of fused-ring (bicyclic) bond motifs is 5. The monoisotopic (exact) mass is 506 g/mol. The molecule has 3 fully saturated rings. The van der Waals surface area contributed by atoms with E-state index in [2.05, 4.69) is 25.9 Å². The Balaban J connectivity index is 0.00000167. The van der Waals surface area contributed by atoms with Crippen LogP contribution in [0.4, 0.5) is 0 Å². The number of thioether (sulfide) groups is 1. The minimum absolute atomic E-state index is 0.0896. The molecule has 8 heteroatoms. The third kappa shape index (κ3) is 4.12. The van der Waals surface area contributed by atoms with Crippen molar-refractivity contribution in [2.45, 2.75) is 91.1 Å². The van der Waals surface area contributed by atoms with Gasteiger partial charge in [-0.2, -0.15) is 16.7 Å². The summed E-state index contributed by atoms with van der Waals surface area (Å²) in [5.74, 6) is -0.603. The summed E-state index contributed by atoms with van der Waals surface area (Å²) in [6.07, 6.45) is 8.10. The molecule has 2 N–H and O–H groups in total. The lowest BCUT2D eigenvalue weighted by atomic mass is 9.38. The Morgan fingerprint density at radius 1 is 1.17 bits per heavy atom. The van der Waals surface area contributed by atoms with Crippen LogP contribution >= 0.6 is 11.8 Å². The van der Waals surface area contributed by atoms with Gasteiger partial charge in [0, 0.05) is 23.8 Å². The lowest BCUT2D eigenvalue weighted by molar-refractivity contribution is -0.158. The summed E-state index contributed by atoms with van der Waals surface area (Å²) in [6, 6.07) is -0.526. The lowest BCUT2D eigenvalue weighted by Crippen LogP contribution is -2.74. The fourth-order valence-electron chi connectivity index (χ4n) is 8.27. The van der Waals surface area contributed by atoms with Gasteiger partial charge in [0.05, 0.1) is 11.8 Å². The molecule has 35 heavy (non-hydrogen) atoms. The second kappa shape index (κ2) is 10.1. The number of nitroso groups, excluding NO2 is 1. The summed E-state index contributed by atoms with van der Waals surface area (Å²) < 4.78 is 5.23. The van der Waals surface area contributed by atoms with Gasteiger partial charge in [0.2, 0.25) is 0 Å². The molecule has 7 unspecified atom stereocenters. The molecule has 0 radical (unpaired) electrons. The van der Waals surface area contributed by atoms with Gasteiger partial charge in [-0.1, -0.05) is 45.4 Å². The number of esters is 1. The fraction of sp³-hybridized carbons (Fsp3) is 0.815. The molecule has 4 aliphatic rings. The van der Waals surface area contributed by atoms with E-state index in [1.54, 1.807) is 6.08 Å². The second-order valence-corrected chi connectivity index (χ2v) is 12.2. The number of allylic oxidation sites excluding steroid dienone is 1. The molecule has 0 heterocycles. The van der Waals surface area contributed by atoms with Crippen LogP contribution in [0.25, 0.3) is 0 Å². The zero-order valence-electron chi connectivity index (χ0n) is 22.1. The number of ketones is 2. The van der Waals surface area contributed by atoms with E-state index in [0.29, 0.717) is 32.1 Å². The molecular formula is C27H42N2O5S. The van der Waals surface area contributed by atoms with Gasteiger partial charge in [-0.25, -0.2) is 0 Å². The van der Waals surface area contributed by atoms with E-state index in [9.17, 15) is 19.3 Å². The van der Waals surface area contributed by atoms with Gasteiger partial charge in [0.15, 0.2) is 11.6 Å².